The van der Waals surface area contributed by atoms with E-state index in [-0.39, 0.29) is 6.61 Å². The smallest absolute Gasteiger partial charge is 0.338 e. The summed E-state index contributed by atoms with van der Waals surface area (Å²) in [6.45, 7) is 6.27. The molecule has 0 fully saturated rings. The van der Waals surface area contributed by atoms with Gasteiger partial charge in [0.2, 0.25) is 0 Å². The van der Waals surface area contributed by atoms with Gasteiger partial charge in [0.05, 0.1) is 12.3 Å². The fraction of sp³-hybridized carbons (Fsp3) is 0.667. The zero-order valence-electron chi connectivity index (χ0n) is 11.0. The third-order valence-corrected chi connectivity index (χ3v) is 2.58. The van der Waals surface area contributed by atoms with E-state index in [4.69, 9.17) is 0 Å². The molecule has 0 aromatic carbocycles. The van der Waals surface area contributed by atoms with Gasteiger partial charge >= 0.3 is 5.97 Å². The highest BCUT2D eigenvalue weighted by Gasteiger charge is 2.29. The summed E-state index contributed by atoms with van der Waals surface area (Å²) in [5.41, 5.74) is 1.04. The molecule has 0 spiro atoms. The van der Waals surface area contributed by atoms with E-state index in [2.05, 4.69) is 9.84 Å². The summed E-state index contributed by atoms with van der Waals surface area (Å²) < 4.78 is 6.35. The lowest BCUT2D eigenvalue weighted by Crippen LogP contribution is -2.30. The van der Waals surface area contributed by atoms with Crippen molar-refractivity contribution in [2.45, 2.75) is 45.9 Å². The van der Waals surface area contributed by atoms with Gasteiger partial charge in [-0.25, -0.2) is 4.79 Å². The van der Waals surface area contributed by atoms with Crippen LogP contribution in [0.1, 0.15) is 37.6 Å². The first-order valence-corrected chi connectivity index (χ1v) is 6.07. The van der Waals surface area contributed by atoms with Crippen molar-refractivity contribution in [3.05, 3.63) is 17.5 Å². The van der Waals surface area contributed by atoms with Crippen molar-refractivity contribution in [3.63, 3.8) is 0 Å². The molecular weight excluding hydrogens is 236 g/mol. The van der Waals surface area contributed by atoms with Gasteiger partial charge in [0.15, 0.2) is 6.10 Å². The first-order valence-electron chi connectivity index (χ1n) is 6.07. The first kappa shape index (κ1) is 14.7. The molecule has 2 atom stereocenters. The Bertz CT molecular complexity index is 403. The minimum atomic E-state index is -1.58. The number of ether oxygens (including phenoxy) is 1. The van der Waals surface area contributed by atoms with Crippen LogP contribution in [0.5, 0.6) is 0 Å². The fourth-order valence-corrected chi connectivity index (χ4v) is 1.69. The lowest BCUT2D eigenvalue weighted by atomic mass is 10.1. The molecule has 6 heteroatoms. The molecule has 0 aliphatic carbocycles. The molecule has 1 aromatic rings. The van der Waals surface area contributed by atoms with Crippen LogP contribution in [0.3, 0.4) is 0 Å². The molecule has 102 valence electrons. The van der Waals surface area contributed by atoms with Crippen LogP contribution >= 0.6 is 0 Å². The van der Waals surface area contributed by atoms with Gasteiger partial charge in [0.1, 0.15) is 6.10 Å². The van der Waals surface area contributed by atoms with Crippen LogP contribution in [0.2, 0.25) is 0 Å². The maximum atomic E-state index is 11.3. The Morgan fingerprint density at radius 1 is 1.50 bits per heavy atom. The highest BCUT2D eigenvalue weighted by atomic mass is 16.5. The molecule has 0 radical (unpaired) electrons. The van der Waals surface area contributed by atoms with Crippen molar-refractivity contribution < 1.29 is 19.7 Å². The molecule has 18 heavy (non-hydrogen) atoms. The Balaban J connectivity index is 2.82. The van der Waals surface area contributed by atoms with Crippen LogP contribution in [-0.2, 0) is 16.1 Å². The average molecular weight is 256 g/mol. The van der Waals surface area contributed by atoms with Gasteiger partial charge in [0.25, 0.3) is 0 Å². The van der Waals surface area contributed by atoms with Crippen LogP contribution in [0.25, 0.3) is 0 Å². The Hall–Kier alpha value is -1.40. The summed E-state index contributed by atoms with van der Waals surface area (Å²) >= 11 is 0. The SMILES string of the molecule is CCCn1cc(C(O)C(O)C(=O)OCC)c(C)n1. The van der Waals surface area contributed by atoms with Gasteiger partial charge in [-0.05, 0) is 20.3 Å². The van der Waals surface area contributed by atoms with E-state index in [1.807, 2.05) is 6.92 Å². The number of hydrogen-bond donors (Lipinski definition) is 2. The molecule has 0 aliphatic heterocycles. The molecular formula is C12H20N2O4. The third kappa shape index (κ3) is 3.30. The summed E-state index contributed by atoms with van der Waals surface area (Å²) in [4.78, 5) is 11.3. The van der Waals surface area contributed by atoms with Gasteiger partial charge in [0, 0.05) is 18.3 Å². The zero-order chi connectivity index (χ0) is 13.7. The molecule has 0 aliphatic rings. The monoisotopic (exact) mass is 256 g/mol. The van der Waals surface area contributed by atoms with Crippen LogP contribution in [0.15, 0.2) is 6.20 Å². The summed E-state index contributed by atoms with van der Waals surface area (Å²) in [7, 11) is 0. The number of aryl methyl sites for hydroxylation is 2. The first-order chi connectivity index (χ1) is 8.51. The minimum Gasteiger partial charge on any atom is -0.464 e. The molecule has 1 heterocycles. The number of nitrogens with zero attached hydrogens (tertiary/aromatic N) is 2. The molecule has 0 saturated carbocycles. The van der Waals surface area contributed by atoms with Crippen LogP contribution in [0, 0.1) is 6.92 Å². The van der Waals surface area contributed by atoms with Gasteiger partial charge in [-0.1, -0.05) is 6.92 Å². The lowest BCUT2D eigenvalue weighted by Gasteiger charge is -2.15. The van der Waals surface area contributed by atoms with Crippen molar-refractivity contribution in [1.29, 1.82) is 0 Å². The maximum Gasteiger partial charge on any atom is 0.338 e. The van der Waals surface area contributed by atoms with Crippen molar-refractivity contribution >= 4 is 5.97 Å². The predicted octanol–water partition coefficient (Wildman–Crippen LogP) is 0.559. The standard InChI is InChI=1S/C12H20N2O4/c1-4-6-14-7-9(8(3)13-14)10(15)11(16)12(17)18-5-2/h7,10-11,15-16H,4-6H2,1-3H3. The maximum absolute atomic E-state index is 11.3. The van der Waals surface area contributed by atoms with E-state index in [0.29, 0.717) is 11.3 Å². The molecule has 2 N–H and O–H groups in total. The summed E-state index contributed by atoms with van der Waals surface area (Å²) in [5.74, 6) is -0.826. The second-order valence-electron chi connectivity index (χ2n) is 4.07. The minimum absolute atomic E-state index is 0.163. The Kier molecular flexibility index (Phi) is 5.30. The van der Waals surface area contributed by atoms with E-state index in [1.54, 1.807) is 24.7 Å². The van der Waals surface area contributed by atoms with Crippen molar-refractivity contribution in [3.8, 4) is 0 Å². The van der Waals surface area contributed by atoms with Crippen molar-refractivity contribution in [2.24, 2.45) is 0 Å². The van der Waals surface area contributed by atoms with E-state index in [9.17, 15) is 15.0 Å². The summed E-state index contributed by atoms with van der Waals surface area (Å²) in [6.07, 6.45) is -0.333. The number of carbonyl (C=O) groups excluding carboxylic acids is 1. The number of hydrogen-bond acceptors (Lipinski definition) is 5. The Labute approximate surface area is 106 Å². The Morgan fingerprint density at radius 2 is 2.17 bits per heavy atom. The lowest BCUT2D eigenvalue weighted by molar-refractivity contribution is -0.159. The summed E-state index contributed by atoms with van der Waals surface area (Å²) in [6, 6.07) is 0. The topological polar surface area (TPSA) is 84.6 Å². The number of rotatable bonds is 6. The van der Waals surface area contributed by atoms with E-state index in [0.717, 1.165) is 13.0 Å². The molecule has 6 nitrogen and oxygen atoms in total. The highest BCUT2D eigenvalue weighted by Crippen LogP contribution is 2.21. The number of aromatic nitrogens is 2. The molecule has 0 saturated heterocycles. The number of esters is 1. The van der Waals surface area contributed by atoms with Crippen molar-refractivity contribution in [1.82, 2.24) is 9.78 Å². The predicted molar refractivity (Wildman–Crippen MR) is 64.9 cm³/mol. The number of carbonyl (C=O) groups is 1. The van der Waals surface area contributed by atoms with E-state index in [1.165, 1.54) is 0 Å². The van der Waals surface area contributed by atoms with Crippen LogP contribution in [-0.4, -0.2) is 38.7 Å². The van der Waals surface area contributed by atoms with E-state index >= 15 is 0 Å². The third-order valence-electron chi connectivity index (χ3n) is 2.58. The molecule has 1 aromatic heterocycles. The van der Waals surface area contributed by atoms with Crippen molar-refractivity contribution in [2.75, 3.05) is 6.61 Å². The highest BCUT2D eigenvalue weighted by molar-refractivity contribution is 5.75. The average Bonchev–Trinajstić information content (AvgIpc) is 2.69. The largest absolute Gasteiger partial charge is 0.464 e. The zero-order valence-corrected chi connectivity index (χ0v) is 11.0. The normalized spacial score (nSPS) is 14.3. The van der Waals surface area contributed by atoms with Crippen LogP contribution in [0.4, 0.5) is 0 Å². The van der Waals surface area contributed by atoms with Gasteiger partial charge in [-0.2, -0.15) is 5.10 Å². The second-order valence-corrected chi connectivity index (χ2v) is 4.07. The van der Waals surface area contributed by atoms with E-state index < -0.39 is 18.2 Å². The fourth-order valence-electron chi connectivity index (χ4n) is 1.69. The second kappa shape index (κ2) is 6.51. The molecule has 1 rings (SSSR count). The molecule has 0 bridgehead atoms. The quantitative estimate of drug-likeness (QED) is 0.726. The molecule has 0 amide bonds. The Morgan fingerprint density at radius 3 is 2.72 bits per heavy atom. The summed E-state index contributed by atoms with van der Waals surface area (Å²) in [5, 5.41) is 23.8. The number of aliphatic hydroxyl groups excluding tert-OH is 2. The van der Waals surface area contributed by atoms with Gasteiger partial charge in [-0.15, -0.1) is 0 Å². The number of aliphatic hydroxyl groups is 2. The van der Waals surface area contributed by atoms with Gasteiger partial charge in [-0.3, -0.25) is 4.68 Å². The van der Waals surface area contributed by atoms with Crippen LogP contribution < -0.4 is 0 Å². The van der Waals surface area contributed by atoms with Gasteiger partial charge < -0.3 is 14.9 Å². The molecule has 2 unspecified atom stereocenters.